The van der Waals surface area contributed by atoms with Gasteiger partial charge in [-0.1, -0.05) is 30.3 Å². The number of hydrogen-bond acceptors (Lipinski definition) is 4. The molecule has 1 aromatic heterocycles. The lowest BCUT2D eigenvalue weighted by molar-refractivity contribution is 0.0941. The maximum Gasteiger partial charge on any atom is 0.254 e. The van der Waals surface area contributed by atoms with Crippen molar-refractivity contribution in [1.82, 2.24) is 20.0 Å². The van der Waals surface area contributed by atoms with Gasteiger partial charge in [0.15, 0.2) is 0 Å². The van der Waals surface area contributed by atoms with Crippen molar-refractivity contribution in [2.24, 2.45) is 0 Å². The predicted octanol–water partition coefficient (Wildman–Crippen LogP) is 3.36. The number of benzene rings is 2. The third-order valence-corrected chi connectivity index (χ3v) is 4.91. The molecule has 0 bridgehead atoms. The quantitative estimate of drug-likeness (QED) is 0.665. The number of carbonyl (C=O) groups is 1. The Hall–Kier alpha value is -3.19. The summed E-state index contributed by atoms with van der Waals surface area (Å²) >= 11 is 0. The molecule has 3 aromatic rings. The number of amides is 1. The van der Waals surface area contributed by atoms with Crippen LogP contribution in [0, 0.1) is 12.7 Å². The molecule has 0 fully saturated rings. The van der Waals surface area contributed by atoms with Gasteiger partial charge < -0.3 is 15.0 Å². The highest BCUT2D eigenvalue weighted by Gasteiger charge is 2.21. The minimum absolute atomic E-state index is 0.0722. The van der Waals surface area contributed by atoms with E-state index in [4.69, 9.17) is 4.74 Å². The Morgan fingerprint density at radius 3 is 2.59 bits per heavy atom. The van der Waals surface area contributed by atoms with Crippen LogP contribution in [-0.4, -0.2) is 48.3 Å². The van der Waals surface area contributed by atoms with Crippen molar-refractivity contribution in [3.63, 3.8) is 0 Å². The molecule has 3 rings (SSSR count). The maximum absolute atomic E-state index is 14.1. The Bertz CT molecular complexity index is 1000. The number of rotatable bonds is 7. The van der Waals surface area contributed by atoms with Crippen LogP contribution in [0.3, 0.4) is 0 Å². The van der Waals surface area contributed by atoms with E-state index in [1.807, 2.05) is 43.3 Å². The van der Waals surface area contributed by atoms with Gasteiger partial charge in [0.05, 0.1) is 30.6 Å². The van der Waals surface area contributed by atoms with Crippen LogP contribution in [0.5, 0.6) is 5.75 Å². The van der Waals surface area contributed by atoms with Crippen molar-refractivity contribution in [2.45, 2.75) is 13.0 Å². The summed E-state index contributed by atoms with van der Waals surface area (Å²) in [6.07, 6.45) is 1.46. The van der Waals surface area contributed by atoms with Crippen LogP contribution < -0.4 is 10.1 Å². The van der Waals surface area contributed by atoms with E-state index in [0.717, 1.165) is 11.3 Å². The molecule has 2 aromatic carbocycles. The fourth-order valence-electron chi connectivity index (χ4n) is 3.30. The summed E-state index contributed by atoms with van der Waals surface area (Å²) in [4.78, 5) is 14.8. The van der Waals surface area contributed by atoms with Gasteiger partial charge in [0.2, 0.25) is 0 Å². The number of ether oxygens (including phenoxy) is 1. The van der Waals surface area contributed by atoms with E-state index in [1.54, 1.807) is 32.2 Å². The van der Waals surface area contributed by atoms with Crippen LogP contribution in [0.4, 0.5) is 4.39 Å². The molecule has 0 aliphatic carbocycles. The fraction of sp³-hybridized carbons (Fsp3) is 0.273. The molecular formula is C22H25FN4O2. The number of nitrogens with zero attached hydrogens (tertiary/aromatic N) is 3. The highest BCUT2D eigenvalue weighted by molar-refractivity contribution is 5.95. The second-order valence-corrected chi connectivity index (χ2v) is 6.94. The van der Waals surface area contributed by atoms with E-state index >= 15 is 0 Å². The highest BCUT2D eigenvalue weighted by atomic mass is 19.1. The molecule has 0 saturated heterocycles. The first-order valence-electron chi connectivity index (χ1n) is 9.31. The van der Waals surface area contributed by atoms with E-state index in [2.05, 4.69) is 10.4 Å². The largest absolute Gasteiger partial charge is 0.496 e. The normalized spacial score (nSPS) is 12.1. The van der Waals surface area contributed by atoms with Gasteiger partial charge in [-0.3, -0.25) is 4.79 Å². The number of nitrogens with one attached hydrogen (secondary N) is 1. The third kappa shape index (κ3) is 4.30. The first-order valence-corrected chi connectivity index (χ1v) is 9.31. The lowest BCUT2D eigenvalue weighted by atomic mass is 10.0. The van der Waals surface area contributed by atoms with Gasteiger partial charge in [-0.25, -0.2) is 9.07 Å². The first-order chi connectivity index (χ1) is 13.9. The average molecular weight is 396 g/mol. The van der Waals surface area contributed by atoms with Gasteiger partial charge in [-0.15, -0.1) is 0 Å². The van der Waals surface area contributed by atoms with Gasteiger partial charge in [0.25, 0.3) is 5.91 Å². The van der Waals surface area contributed by atoms with Crippen molar-refractivity contribution in [3.8, 4) is 11.4 Å². The van der Waals surface area contributed by atoms with Crippen LogP contribution in [-0.2, 0) is 0 Å². The molecule has 1 amide bonds. The third-order valence-electron chi connectivity index (χ3n) is 4.91. The molecule has 1 heterocycles. The Labute approximate surface area is 169 Å². The van der Waals surface area contributed by atoms with Crippen LogP contribution in [0.2, 0.25) is 0 Å². The topological polar surface area (TPSA) is 59.4 Å². The molecule has 0 aliphatic rings. The zero-order chi connectivity index (χ0) is 21.0. The van der Waals surface area contributed by atoms with Gasteiger partial charge in [0.1, 0.15) is 17.3 Å². The van der Waals surface area contributed by atoms with E-state index < -0.39 is 5.82 Å². The molecule has 1 atom stereocenters. The molecule has 0 aliphatic heterocycles. The predicted molar refractivity (Wildman–Crippen MR) is 110 cm³/mol. The average Bonchev–Trinajstić information content (AvgIpc) is 3.09. The van der Waals surface area contributed by atoms with Crippen molar-refractivity contribution >= 4 is 5.91 Å². The zero-order valence-electron chi connectivity index (χ0n) is 17.0. The number of para-hydroxylation sites is 2. The molecule has 6 nitrogen and oxygen atoms in total. The fourth-order valence-corrected chi connectivity index (χ4v) is 3.30. The number of methoxy groups -OCH3 is 1. The number of likely N-dealkylation sites (N-methyl/N-ethyl adjacent to an activating group) is 1. The SMILES string of the molecule is COc1ccccc1C(CNC(=O)c1cnn(-c2ccccc2F)c1C)N(C)C. The summed E-state index contributed by atoms with van der Waals surface area (Å²) < 4.78 is 21.0. The smallest absolute Gasteiger partial charge is 0.254 e. The molecule has 1 N–H and O–H groups in total. The number of hydrogen-bond donors (Lipinski definition) is 1. The molecule has 0 spiro atoms. The van der Waals surface area contributed by atoms with E-state index in [0.29, 0.717) is 23.5 Å². The van der Waals surface area contributed by atoms with Gasteiger partial charge in [-0.05, 0) is 39.2 Å². The zero-order valence-corrected chi connectivity index (χ0v) is 17.0. The van der Waals surface area contributed by atoms with Crippen LogP contribution >= 0.6 is 0 Å². The number of carbonyl (C=O) groups excluding carboxylic acids is 1. The summed E-state index contributed by atoms with van der Waals surface area (Å²) in [7, 11) is 5.53. The summed E-state index contributed by atoms with van der Waals surface area (Å²) in [6.45, 7) is 2.13. The number of aromatic nitrogens is 2. The number of halogens is 1. The first kappa shape index (κ1) is 20.5. The second kappa shape index (κ2) is 8.87. The molecule has 0 radical (unpaired) electrons. The maximum atomic E-state index is 14.1. The minimum Gasteiger partial charge on any atom is -0.496 e. The molecule has 0 saturated carbocycles. The summed E-state index contributed by atoms with van der Waals surface area (Å²) in [5.41, 5.74) is 2.28. The second-order valence-electron chi connectivity index (χ2n) is 6.94. The van der Waals surface area contributed by atoms with Crippen molar-refractivity contribution < 1.29 is 13.9 Å². The van der Waals surface area contributed by atoms with Crippen LogP contribution in [0.1, 0.15) is 27.7 Å². The van der Waals surface area contributed by atoms with Crippen LogP contribution in [0.15, 0.2) is 54.7 Å². The van der Waals surface area contributed by atoms with Crippen LogP contribution in [0.25, 0.3) is 5.69 Å². The Morgan fingerprint density at radius 1 is 1.21 bits per heavy atom. The standard InChI is InChI=1S/C22H25FN4O2/c1-15-17(13-25-27(15)19-11-7-6-10-18(19)23)22(28)24-14-20(26(2)3)16-9-5-8-12-21(16)29-4/h5-13,20H,14H2,1-4H3,(H,24,28). The lowest BCUT2D eigenvalue weighted by Crippen LogP contribution is -2.35. The van der Waals surface area contributed by atoms with Crippen molar-refractivity contribution in [1.29, 1.82) is 0 Å². The Morgan fingerprint density at radius 2 is 1.90 bits per heavy atom. The molecule has 29 heavy (non-hydrogen) atoms. The van der Waals surface area contributed by atoms with Gasteiger partial charge in [0, 0.05) is 12.1 Å². The molecule has 1 unspecified atom stereocenters. The summed E-state index contributed by atoms with van der Waals surface area (Å²) in [5.74, 6) is 0.116. The van der Waals surface area contributed by atoms with Crippen molar-refractivity contribution in [3.05, 3.63) is 77.4 Å². The monoisotopic (exact) mass is 396 g/mol. The summed E-state index contributed by atoms with van der Waals surface area (Å²) in [6, 6.07) is 14.0. The van der Waals surface area contributed by atoms with Gasteiger partial charge in [-0.2, -0.15) is 5.10 Å². The molecular weight excluding hydrogens is 371 g/mol. The summed E-state index contributed by atoms with van der Waals surface area (Å²) in [5, 5.41) is 7.17. The molecule has 7 heteroatoms. The van der Waals surface area contributed by atoms with Gasteiger partial charge >= 0.3 is 0 Å². The Balaban J connectivity index is 1.79. The Kier molecular flexibility index (Phi) is 6.29. The van der Waals surface area contributed by atoms with E-state index in [-0.39, 0.29) is 11.9 Å². The minimum atomic E-state index is -0.394. The van der Waals surface area contributed by atoms with Crippen molar-refractivity contribution in [2.75, 3.05) is 27.7 Å². The van der Waals surface area contributed by atoms with E-state index in [9.17, 15) is 9.18 Å². The highest BCUT2D eigenvalue weighted by Crippen LogP contribution is 2.27. The molecule has 152 valence electrons. The van der Waals surface area contributed by atoms with E-state index in [1.165, 1.54) is 16.9 Å². The lowest BCUT2D eigenvalue weighted by Gasteiger charge is -2.26.